The van der Waals surface area contributed by atoms with Gasteiger partial charge in [-0.3, -0.25) is 4.79 Å². The summed E-state index contributed by atoms with van der Waals surface area (Å²) in [5.74, 6) is -0.0561. The number of aromatic nitrogens is 1. The Morgan fingerprint density at radius 1 is 1.39 bits per heavy atom. The van der Waals surface area contributed by atoms with Gasteiger partial charge in [0.05, 0.1) is 18.0 Å². The smallest absolute Gasteiger partial charge is 0.343 e. The second-order valence-corrected chi connectivity index (χ2v) is 3.83. The Morgan fingerprint density at radius 3 is 3.00 bits per heavy atom. The fourth-order valence-electron chi connectivity index (χ4n) is 2.02. The number of methoxy groups -OCH3 is 1. The molecular formula is C13H9NO4. The number of benzene rings is 1. The molecule has 0 radical (unpaired) electrons. The Hall–Kier alpha value is -2.56. The average molecular weight is 243 g/mol. The van der Waals surface area contributed by atoms with E-state index < -0.39 is 5.97 Å². The zero-order valence-corrected chi connectivity index (χ0v) is 9.54. The number of hydrogen-bond donors (Lipinski definition) is 0. The largest absolute Gasteiger partial charge is 0.465 e. The lowest BCUT2D eigenvalue weighted by Gasteiger charge is -2.15. The molecule has 3 rings (SSSR count). The molecule has 0 spiro atoms. The van der Waals surface area contributed by atoms with Gasteiger partial charge in [-0.1, -0.05) is 6.07 Å². The molecule has 0 atom stereocenters. The van der Waals surface area contributed by atoms with Crippen molar-refractivity contribution in [2.75, 3.05) is 7.11 Å². The fraction of sp³-hybridized carbons (Fsp3) is 0.0769. The summed E-state index contributed by atoms with van der Waals surface area (Å²) in [6.45, 7) is 0. The first-order valence-corrected chi connectivity index (χ1v) is 5.32. The third kappa shape index (κ3) is 1.34. The zero-order valence-electron chi connectivity index (χ0n) is 9.54. The van der Waals surface area contributed by atoms with E-state index in [1.54, 1.807) is 29.0 Å². The minimum atomic E-state index is -0.643. The van der Waals surface area contributed by atoms with Crippen LogP contribution in [-0.4, -0.2) is 17.6 Å². The highest BCUT2D eigenvalue weighted by atomic mass is 16.5. The van der Waals surface area contributed by atoms with Crippen LogP contribution in [0.25, 0.3) is 17.1 Å². The maximum absolute atomic E-state index is 12.2. The van der Waals surface area contributed by atoms with E-state index in [0.717, 1.165) is 0 Å². The quantitative estimate of drug-likeness (QED) is 0.714. The van der Waals surface area contributed by atoms with Crippen molar-refractivity contribution in [1.82, 2.24) is 4.57 Å². The molecule has 0 amide bonds. The van der Waals surface area contributed by atoms with E-state index in [4.69, 9.17) is 4.74 Å². The lowest BCUT2D eigenvalue weighted by Crippen LogP contribution is -2.19. The molecule has 0 N–H and O–H groups in total. The molecule has 5 nitrogen and oxygen atoms in total. The Bertz CT molecular complexity index is 742. The van der Waals surface area contributed by atoms with E-state index in [2.05, 4.69) is 4.74 Å². The summed E-state index contributed by atoms with van der Waals surface area (Å²) in [6.07, 6.45) is 4.59. The molecule has 5 heteroatoms. The van der Waals surface area contributed by atoms with Gasteiger partial charge in [0, 0.05) is 12.4 Å². The lowest BCUT2D eigenvalue weighted by atomic mass is 10.1. The predicted molar refractivity (Wildman–Crippen MR) is 65.5 cm³/mol. The van der Waals surface area contributed by atoms with E-state index in [1.807, 2.05) is 0 Å². The number of nitrogens with zero attached hydrogens (tertiary/aromatic N) is 1. The highest BCUT2D eigenvalue weighted by Crippen LogP contribution is 2.27. The summed E-state index contributed by atoms with van der Waals surface area (Å²) in [4.78, 5) is 23.7. The second kappa shape index (κ2) is 3.73. The van der Waals surface area contributed by atoms with Gasteiger partial charge in [0.25, 0.3) is 0 Å². The lowest BCUT2D eigenvalue weighted by molar-refractivity contribution is 0.0599. The molecule has 1 aliphatic rings. The van der Waals surface area contributed by atoms with Crippen molar-refractivity contribution in [2.45, 2.75) is 0 Å². The van der Waals surface area contributed by atoms with Crippen molar-refractivity contribution in [3.63, 3.8) is 0 Å². The van der Waals surface area contributed by atoms with Crippen molar-refractivity contribution in [3.8, 4) is 5.75 Å². The number of hydrogen-bond acceptors (Lipinski definition) is 4. The third-order valence-electron chi connectivity index (χ3n) is 2.84. The number of ether oxygens (including phenoxy) is 2. The van der Waals surface area contributed by atoms with Gasteiger partial charge in [-0.25, -0.2) is 4.79 Å². The Balaban J connectivity index is 2.46. The molecule has 0 saturated carbocycles. The highest BCUT2D eigenvalue weighted by molar-refractivity contribution is 5.96. The Labute approximate surface area is 102 Å². The van der Waals surface area contributed by atoms with E-state index in [-0.39, 0.29) is 11.0 Å². The number of pyridine rings is 1. The van der Waals surface area contributed by atoms with Gasteiger partial charge in [0.2, 0.25) is 5.43 Å². The summed E-state index contributed by atoms with van der Waals surface area (Å²) in [5.41, 5.74) is 0.306. The fourth-order valence-corrected chi connectivity index (χ4v) is 2.02. The van der Waals surface area contributed by atoms with Crippen LogP contribution in [0, 0.1) is 0 Å². The van der Waals surface area contributed by atoms with E-state index in [1.165, 1.54) is 19.6 Å². The maximum Gasteiger partial charge on any atom is 0.343 e. The van der Waals surface area contributed by atoms with Crippen LogP contribution in [0.3, 0.4) is 0 Å². The number of carbonyl (C=O) groups excluding carboxylic acids is 1. The second-order valence-electron chi connectivity index (χ2n) is 3.83. The summed E-state index contributed by atoms with van der Waals surface area (Å²) in [5, 5.41) is 0.430. The Kier molecular flexibility index (Phi) is 2.19. The number of carbonyl (C=O) groups is 1. The molecule has 0 unspecified atom stereocenters. The van der Waals surface area contributed by atoms with Crippen LogP contribution >= 0.6 is 0 Å². The highest BCUT2D eigenvalue weighted by Gasteiger charge is 2.18. The molecule has 0 fully saturated rings. The summed E-state index contributed by atoms with van der Waals surface area (Å²) in [6, 6.07) is 5.13. The van der Waals surface area contributed by atoms with Gasteiger partial charge in [-0.2, -0.15) is 0 Å². The van der Waals surface area contributed by atoms with Crippen molar-refractivity contribution >= 4 is 23.1 Å². The molecule has 90 valence electrons. The van der Waals surface area contributed by atoms with Crippen molar-refractivity contribution in [3.05, 3.63) is 46.4 Å². The van der Waals surface area contributed by atoms with Gasteiger partial charge in [0.15, 0.2) is 5.75 Å². The molecule has 2 aromatic rings. The topological polar surface area (TPSA) is 57.5 Å². The van der Waals surface area contributed by atoms with Crippen LogP contribution in [0.15, 0.2) is 35.5 Å². The molecule has 1 aliphatic heterocycles. The predicted octanol–water partition coefficient (Wildman–Crippen LogP) is 1.61. The first kappa shape index (κ1) is 10.6. The summed E-state index contributed by atoms with van der Waals surface area (Å²) >= 11 is 0. The number of para-hydroxylation sites is 1. The molecule has 0 saturated heterocycles. The van der Waals surface area contributed by atoms with E-state index in [0.29, 0.717) is 16.7 Å². The van der Waals surface area contributed by atoms with E-state index in [9.17, 15) is 9.59 Å². The first-order chi connectivity index (χ1) is 8.72. The van der Waals surface area contributed by atoms with Gasteiger partial charge in [0.1, 0.15) is 11.8 Å². The van der Waals surface area contributed by atoms with Crippen LogP contribution in [0.2, 0.25) is 0 Å². The summed E-state index contributed by atoms with van der Waals surface area (Å²) < 4.78 is 11.6. The van der Waals surface area contributed by atoms with Crippen molar-refractivity contribution in [1.29, 1.82) is 0 Å². The standard InChI is InChI=1S/C13H9NO4/c1-17-13(16)9-7-14-5-6-18-10-4-2-3-8(11(10)14)12(9)15/h2-7H,1H3. The van der Waals surface area contributed by atoms with Crippen LogP contribution in [-0.2, 0) is 4.74 Å². The number of rotatable bonds is 1. The molecule has 1 aromatic heterocycles. The van der Waals surface area contributed by atoms with Crippen LogP contribution in [0.4, 0.5) is 0 Å². The van der Waals surface area contributed by atoms with Crippen LogP contribution in [0.1, 0.15) is 10.4 Å². The molecule has 2 heterocycles. The van der Waals surface area contributed by atoms with Crippen molar-refractivity contribution in [2.24, 2.45) is 0 Å². The van der Waals surface area contributed by atoms with Gasteiger partial charge in [-0.05, 0) is 12.1 Å². The third-order valence-corrected chi connectivity index (χ3v) is 2.84. The minimum Gasteiger partial charge on any atom is -0.465 e. The van der Waals surface area contributed by atoms with Crippen LogP contribution in [0.5, 0.6) is 5.75 Å². The van der Waals surface area contributed by atoms with Gasteiger partial charge in [-0.15, -0.1) is 0 Å². The van der Waals surface area contributed by atoms with Crippen LogP contribution < -0.4 is 10.2 Å². The first-order valence-electron chi connectivity index (χ1n) is 5.32. The molecule has 18 heavy (non-hydrogen) atoms. The maximum atomic E-state index is 12.2. The number of esters is 1. The van der Waals surface area contributed by atoms with E-state index >= 15 is 0 Å². The average Bonchev–Trinajstić information content (AvgIpc) is 2.42. The molecule has 1 aromatic carbocycles. The monoisotopic (exact) mass is 243 g/mol. The zero-order chi connectivity index (χ0) is 12.7. The summed E-state index contributed by atoms with van der Waals surface area (Å²) in [7, 11) is 1.25. The normalized spacial score (nSPS) is 12.3. The van der Waals surface area contributed by atoms with Crippen molar-refractivity contribution < 1.29 is 14.3 Å². The SMILES string of the molecule is COC(=O)c1cn2c3c(cccc3c1=O)OC=C2. The molecule has 0 aliphatic carbocycles. The molecule has 0 bridgehead atoms. The van der Waals surface area contributed by atoms with Gasteiger partial charge < -0.3 is 14.0 Å². The minimum absolute atomic E-state index is 0.00806. The Morgan fingerprint density at radius 2 is 2.22 bits per heavy atom. The van der Waals surface area contributed by atoms with Gasteiger partial charge >= 0.3 is 5.97 Å². The molecular weight excluding hydrogens is 234 g/mol.